The standard InChI is InChI=1S/C42H42Si/c1-29-15-11-19-33(25-29)38-39(34-20-12-16-30(2)26-34)41(36-22-14-18-32(4)28-36)43(42(5,6)7,37-23-9-8-10-24-37)40(38)35-21-13-17-31(3)27-35/h8-28H,1-7H3. The number of allylic oxidation sites excluding steroid dienone is 2. The van der Waals surface area contributed by atoms with Gasteiger partial charge in [0.25, 0.3) is 0 Å². The molecule has 0 amide bonds. The van der Waals surface area contributed by atoms with E-state index in [2.05, 4.69) is 176 Å². The Morgan fingerprint density at radius 3 is 1.09 bits per heavy atom. The smallest absolute Gasteiger partial charge is 0.0624 e. The highest BCUT2D eigenvalue weighted by Crippen LogP contribution is 2.62. The number of hydrogen-bond acceptors (Lipinski definition) is 0. The number of hydrogen-bond donors (Lipinski definition) is 0. The van der Waals surface area contributed by atoms with E-state index in [0.29, 0.717) is 0 Å². The average Bonchev–Trinajstić information content (AvgIpc) is 3.31. The minimum atomic E-state index is -2.76. The van der Waals surface area contributed by atoms with E-state index < -0.39 is 8.07 Å². The van der Waals surface area contributed by atoms with Gasteiger partial charge >= 0.3 is 0 Å². The summed E-state index contributed by atoms with van der Waals surface area (Å²) in [5.41, 5.74) is 13.2. The SMILES string of the molecule is Cc1cccc(C2=C(c3cccc(C)c3)[Si](c3ccccc3)(C(C)(C)C)C(c3cccc(C)c3)=C2c2cccc(C)c2)c1. The van der Waals surface area contributed by atoms with Crippen LogP contribution in [0, 0.1) is 27.7 Å². The fraction of sp³-hybridized carbons (Fsp3) is 0.190. The van der Waals surface area contributed by atoms with Gasteiger partial charge in [0.1, 0.15) is 0 Å². The average molecular weight is 575 g/mol. The van der Waals surface area contributed by atoms with Crippen LogP contribution in [0.3, 0.4) is 0 Å². The van der Waals surface area contributed by atoms with Gasteiger partial charge in [-0.15, -0.1) is 0 Å². The second kappa shape index (κ2) is 11.1. The summed E-state index contributed by atoms with van der Waals surface area (Å²) in [6, 6.07) is 48.3. The molecule has 214 valence electrons. The Balaban J connectivity index is 1.94. The summed E-state index contributed by atoms with van der Waals surface area (Å²) in [5.74, 6) is 0. The molecule has 0 atom stereocenters. The van der Waals surface area contributed by atoms with Crippen LogP contribution in [0.1, 0.15) is 65.3 Å². The molecule has 0 saturated carbocycles. The Hall–Kier alpha value is -4.20. The molecule has 1 heteroatoms. The molecule has 43 heavy (non-hydrogen) atoms. The molecular formula is C42H42Si. The summed E-state index contributed by atoms with van der Waals surface area (Å²) < 4.78 is 0. The second-order valence-electron chi connectivity index (χ2n) is 13.3. The van der Waals surface area contributed by atoms with Crippen molar-refractivity contribution in [2.24, 2.45) is 0 Å². The molecule has 6 rings (SSSR count). The van der Waals surface area contributed by atoms with Crippen molar-refractivity contribution in [3.05, 3.63) is 172 Å². The lowest BCUT2D eigenvalue weighted by molar-refractivity contribution is 0.741. The van der Waals surface area contributed by atoms with E-state index in [1.54, 1.807) is 0 Å². The monoisotopic (exact) mass is 574 g/mol. The van der Waals surface area contributed by atoms with Gasteiger partial charge in [-0.1, -0.05) is 170 Å². The molecule has 0 fully saturated rings. The summed E-state index contributed by atoms with van der Waals surface area (Å²) in [4.78, 5) is 0. The zero-order valence-corrected chi connectivity index (χ0v) is 27.6. The second-order valence-corrected chi connectivity index (χ2v) is 17.9. The van der Waals surface area contributed by atoms with Crippen molar-refractivity contribution in [2.45, 2.75) is 53.5 Å². The number of aryl methyl sites for hydroxylation is 4. The maximum absolute atomic E-state index is 2.76. The third-order valence-corrected chi connectivity index (χ3v) is 15.1. The van der Waals surface area contributed by atoms with E-state index in [4.69, 9.17) is 0 Å². The lowest BCUT2D eigenvalue weighted by atomic mass is 9.88. The quantitative estimate of drug-likeness (QED) is 0.183. The minimum Gasteiger partial charge on any atom is -0.0624 e. The van der Waals surface area contributed by atoms with Gasteiger partial charge in [-0.3, -0.25) is 0 Å². The number of benzene rings is 5. The minimum absolute atomic E-state index is 0.0485. The highest BCUT2D eigenvalue weighted by Gasteiger charge is 2.58. The molecule has 0 aliphatic carbocycles. The Labute approximate surface area is 259 Å². The first-order valence-corrected chi connectivity index (χ1v) is 17.4. The van der Waals surface area contributed by atoms with Crippen molar-refractivity contribution in [2.75, 3.05) is 0 Å². The van der Waals surface area contributed by atoms with Gasteiger partial charge in [0, 0.05) is 0 Å². The molecule has 0 aromatic heterocycles. The molecule has 0 radical (unpaired) electrons. The lowest BCUT2D eigenvalue weighted by Crippen LogP contribution is -2.56. The Bertz CT molecular complexity index is 1770. The molecule has 0 spiro atoms. The lowest BCUT2D eigenvalue weighted by Gasteiger charge is -2.45. The van der Waals surface area contributed by atoms with E-state index in [1.807, 2.05) is 0 Å². The van der Waals surface area contributed by atoms with Crippen LogP contribution in [0.25, 0.3) is 21.5 Å². The molecule has 1 heterocycles. The molecule has 5 aromatic carbocycles. The maximum Gasteiger partial charge on any atom is 0.156 e. The van der Waals surface area contributed by atoms with E-state index in [1.165, 1.54) is 71.2 Å². The van der Waals surface area contributed by atoms with Crippen LogP contribution >= 0.6 is 0 Å². The molecule has 0 saturated heterocycles. The molecule has 1 aliphatic heterocycles. The van der Waals surface area contributed by atoms with Gasteiger partial charge in [0.15, 0.2) is 8.07 Å². The topological polar surface area (TPSA) is 0 Å². The van der Waals surface area contributed by atoms with Gasteiger partial charge in [0.2, 0.25) is 0 Å². The van der Waals surface area contributed by atoms with Crippen LogP contribution in [0.4, 0.5) is 0 Å². The first kappa shape index (κ1) is 28.9. The number of rotatable bonds is 5. The van der Waals surface area contributed by atoms with Gasteiger partial charge in [-0.05, 0) is 81.7 Å². The summed E-state index contributed by atoms with van der Waals surface area (Å²) >= 11 is 0. The van der Waals surface area contributed by atoms with Crippen molar-refractivity contribution in [3.8, 4) is 0 Å². The van der Waals surface area contributed by atoms with Crippen LogP contribution in [0.15, 0.2) is 127 Å². The van der Waals surface area contributed by atoms with Crippen LogP contribution in [-0.4, -0.2) is 8.07 Å². The largest absolute Gasteiger partial charge is 0.156 e. The van der Waals surface area contributed by atoms with Gasteiger partial charge in [-0.2, -0.15) is 0 Å². The normalized spacial score (nSPS) is 14.9. The zero-order valence-electron chi connectivity index (χ0n) is 26.6. The molecule has 0 unspecified atom stereocenters. The van der Waals surface area contributed by atoms with Crippen molar-refractivity contribution in [3.63, 3.8) is 0 Å². The van der Waals surface area contributed by atoms with Gasteiger partial charge < -0.3 is 0 Å². The van der Waals surface area contributed by atoms with E-state index >= 15 is 0 Å². The fourth-order valence-corrected chi connectivity index (χ4v) is 13.8. The van der Waals surface area contributed by atoms with Crippen molar-refractivity contribution >= 4 is 34.8 Å². The summed E-state index contributed by atoms with van der Waals surface area (Å²) in [6.07, 6.45) is 0. The predicted octanol–water partition coefficient (Wildman–Crippen LogP) is 10.7. The molecule has 1 aliphatic rings. The molecule has 0 N–H and O–H groups in total. The Morgan fingerprint density at radius 1 is 0.395 bits per heavy atom. The summed E-state index contributed by atoms with van der Waals surface area (Å²) in [5, 5.41) is 4.46. The van der Waals surface area contributed by atoms with Gasteiger partial charge in [-0.25, -0.2) is 0 Å². The van der Waals surface area contributed by atoms with E-state index in [-0.39, 0.29) is 5.04 Å². The van der Waals surface area contributed by atoms with E-state index in [0.717, 1.165) is 0 Å². The summed E-state index contributed by atoms with van der Waals surface area (Å²) in [6.45, 7) is 16.4. The van der Waals surface area contributed by atoms with Crippen LogP contribution in [-0.2, 0) is 0 Å². The van der Waals surface area contributed by atoms with Crippen molar-refractivity contribution < 1.29 is 0 Å². The molecule has 0 nitrogen and oxygen atoms in total. The van der Waals surface area contributed by atoms with Crippen LogP contribution in [0.5, 0.6) is 0 Å². The fourth-order valence-electron chi connectivity index (χ4n) is 7.41. The first-order valence-electron chi connectivity index (χ1n) is 15.4. The predicted molar refractivity (Wildman–Crippen MR) is 190 cm³/mol. The van der Waals surface area contributed by atoms with Gasteiger partial charge in [0.05, 0.1) is 0 Å². The van der Waals surface area contributed by atoms with Crippen LogP contribution < -0.4 is 5.19 Å². The Morgan fingerprint density at radius 2 is 0.744 bits per heavy atom. The third kappa shape index (κ3) is 4.96. The first-order chi connectivity index (χ1) is 20.6. The van der Waals surface area contributed by atoms with Crippen molar-refractivity contribution in [1.82, 2.24) is 0 Å². The third-order valence-electron chi connectivity index (χ3n) is 9.06. The molecular weight excluding hydrogens is 533 g/mol. The zero-order chi connectivity index (χ0) is 30.4. The van der Waals surface area contributed by atoms with E-state index in [9.17, 15) is 0 Å². The van der Waals surface area contributed by atoms with Crippen molar-refractivity contribution in [1.29, 1.82) is 0 Å². The Kier molecular flexibility index (Phi) is 7.48. The molecule has 5 aromatic rings. The highest BCUT2D eigenvalue weighted by atomic mass is 28.3. The molecule has 0 bridgehead atoms. The van der Waals surface area contributed by atoms with Crippen LogP contribution in [0.2, 0.25) is 5.04 Å². The highest BCUT2D eigenvalue weighted by molar-refractivity contribution is 7.23. The summed E-state index contributed by atoms with van der Waals surface area (Å²) in [7, 11) is -2.76. The maximum atomic E-state index is 2.49.